The van der Waals surface area contributed by atoms with Crippen molar-refractivity contribution in [2.75, 3.05) is 13.2 Å². The molecule has 5 heteroatoms. The monoisotopic (exact) mass is 306 g/mol. The van der Waals surface area contributed by atoms with Crippen LogP contribution in [0, 0.1) is 5.92 Å². The van der Waals surface area contributed by atoms with Crippen molar-refractivity contribution in [3.63, 3.8) is 0 Å². The van der Waals surface area contributed by atoms with Crippen LogP contribution in [0.4, 0.5) is 0 Å². The molecule has 0 spiro atoms. The zero-order valence-corrected chi connectivity index (χ0v) is 12.8. The summed E-state index contributed by atoms with van der Waals surface area (Å²) >= 11 is 6.24. The molecule has 0 aliphatic carbocycles. The Labute approximate surface area is 128 Å². The zero-order chi connectivity index (χ0) is 14.8. The van der Waals surface area contributed by atoms with Crippen LogP contribution in [-0.4, -0.2) is 22.8 Å². The van der Waals surface area contributed by atoms with Crippen molar-refractivity contribution in [3.05, 3.63) is 40.4 Å². The second-order valence-electron chi connectivity index (χ2n) is 5.60. The predicted molar refractivity (Wildman–Crippen MR) is 83.8 cm³/mol. The molecule has 3 rings (SSSR count). The summed E-state index contributed by atoms with van der Waals surface area (Å²) in [5.74, 6) is 1.000. The lowest BCUT2D eigenvalue weighted by molar-refractivity contribution is 0.0476. The lowest BCUT2D eigenvalue weighted by atomic mass is 10.0. The molecule has 1 aliphatic rings. The van der Waals surface area contributed by atoms with Gasteiger partial charge < -0.3 is 4.74 Å². The number of rotatable bonds is 3. The van der Waals surface area contributed by atoms with Gasteiger partial charge in [-0.05, 0) is 31.9 Å². The number of fused-ring (bicyclic) bond motifs is 1. The number of benzene rings is 1. The van der Waals surface area contributed by atoms with Gasteiger partial charge in [0.25, 0.3) is 5.56 Å². The highest BCUT2D eigenvalue weighted by Gasteiger charge is 2.20. The maximum atomic E-state index is 12.8. The Hall–Kier alpha value is -1.39. The summed E-state index contributed by atoms with van der Waals surface area (Å²) in [4.78, 5) is 17.3. The molecule has 21 heavy (non-hydrogen) atoms. The lowest BCUT2D eigenvalue weighted by Crippen LogP contribution is -2.31. The molecule has 4 nitrogen and oxygen atoms in total. The first-order chi connectivity index (χ1) is 10.2. The zero-order valence-electron chi connectivity index (χ0n) is 12.1. The van der Waals surface area contributed by atoms with Gasteiger partial charge in [0, 0.05) is 19.1 Å². The third-order valence-corrected chi connectivity index (χ3v) is 4.14. The SMILES string of the molecule is CC(Cl)c1nc2ccccc2c(=O)n1CC1CCCOC1. The molecule has 0 radical (unpaired) electrons. The van der Waals surface area contributed by atoms with Crippen molar-refractivity contribution in [2.45, 2.75) is 31.7 Å². The maximum Gasteiger partial charge on any atom is 0.261 e. The van der Waals surface area contributed by atoms with E-state index in [-0.39, 0.29) is 10.9 Å². The van der Waals surface area contributed by atoms with E-state index in [1.54, 1.807) is 4.57 Å². The van der Waals surface area contributed by atoms with Crippen LogP contribution in [0.25, 0.3) is 10.9 Å². The van der Waals surface area contributed by atoms with E-state index in [0.29, 0.717) is 35.8 Å². The summed E-state index contributed by atoms with van der Waals surface area (Å²) in [6.45, 7) is 4.00. The summed E-state index contributed by atoms with van der Waals surface area (Å²) in [6, 6.07) is 7.43. The van der Waals surface area contributed by atoms with E-state index in [1.165, 1.54) is 0 Å². The Bertz CT molecular complexity index is 690. The van der Waals surface area contributed by atoms with Crippen LogP contribution >= 0.6 is 11.6 Å². The average molecular weight is 307 g/mol. The minimum absolute atomic E-state index is 0.00586. The predicted octanol–water partition coefficient (Wildman–Crippen LogP) is 3.12. The first kappa shape index (κ1) is 14.5. The van der Waals surface area contributed by atoms with Gasteiger partial charge in [0.2, 0.25) is 0 Å². The summed E-state index contributed by atoms with van der Waals surface area (Å²) in [6.07, 6.45) is 2.13. The van der Waals surface area contributed by atoms with Crippen LogP contribution in [0.15, 0.2) is 29.1 Å². The fourth-order valence-electron chi connectivity index (χ4n) is 2.87. The Kier molecular flexibility index (Phi) is 4.27. The summed E-state index contributed by atoms with van der Waals surface area (Å²) in [5.41, 5.74) is 0.704. The molecule has 1 aliphatic heterocycles. The standard InChI is InChI=1S/C16H19ClN2O2/c1-11(17)15-18-14-7-3-2-6-13(14)16(20)19(15)9-12-5-4-8-21-10-12/h2-3,6-7,11-12H,4-5,8-10H2,1H3. The van der Waals surface area contributed by atoms with E-state index in [4.69, 9.17) is 16.3 Å². The minimum Gasteiger partial charge on any atom is -0.381 e. The van der Waals surface area contributed by atoms with Crippen molar-refractivity contribution in [1.29, 1.82) is 0 Å². The number of hydrogen-bond acceptors (Lipinski definition) is 3. The molecular formula is C16H19ClN2O2. The van der Waals surface area contributed by atoms with Crippen molar-refractivity contribution >= 4 is 22.5 Å². The second kappa shape index (κ2) is 6.16. The second-order valence-corrected chi connectivity index (χ2v) is 6.26. The lowest BCUT2D eigenvalue weighted by Gasteiger charge is -2.24. The normalized spacial score (nSPS) is 20.6. The number of alkyl halides is 1. The van der Waals surface area contributed by atoms with E-state index in [1.807, 2.05) is 31.2 Å². The number of ether oxygens (including phenoxy) is 1. The van der Waals surface area contributed by atoms with E-state index in [9.17, 15) is 4.79 Å². The number of hydrogen-bond donors (Lipinski definition) is 0. The van der Waals surface area contributed by atoms with Crippen molar-refractivity contribution in [1.82, 2.24) is 9.55 Å². The smallest absolute Gasteiger partial charge is 0.261 e. The molecule has 112 valence electrons. The summed E-state index contributed by atoms with van der Waals surface area (Å²) in [5, 5.41) is 0.349. The molecule has 1 aromatic heterocycles. The van der Waals surface area contributed by atoms with Crippen molar-refractivity contribution in [3.8, 4) is 0 Å². The minimum atomic E-state index is -0.299. The number of nitrogens with zero attached hydrogens (tertiary/aromatic N) is 2. The third-order valence-electron chi connectivity index (χ3n) is 3.94. The van der Waals surface area contributed by atoms with Gasteiger partial charge in [-0.3, -0.25) is 9.36 Å². The van der Waals surface area contributed by atoms with Crippen LogP contribution in [0.2, 0.25) is 0 Å². The van der Waals surface area contributed by atoms with Gasteiger partial charge in [0.1, 0.15) is 5.82 Å². The largest absolute Gasteiger partial charge is 0.381 e. The Balaban J connectivity index is 2.07. The topological polar surface area (TPSA) is 44.1 Å². The van der Waals surface area contributed by atoms with Gasteiger partial charge in [-0.15, -0.1) is 11.6 Å². The highest BCUT2D eigenvalue weighted by Crippen LogP contribution is 2.22. The molecule has 1 fully saturated rings. The highest BCUT2D eigenvalue weighted by molar-refractivity contribution is 6.20. The molecule has 2 heterocycles. The molecule has 2 atom stereocenters. The Morgan fingerprint density at radius 1 is 1.48 bits per heavy atom. The molecule has 0 saturated carbocycles. The molecule has 0 bridgehead atoms. The van der Waals surface area contributed by atoms with E-state index < -0.39 is 0 Å². The average Bonchev–Trinajstić information content (AvgIpc) is 2.51. The van der Waals surface area contributed by atoms with Gasteiger partial charge in [0.05, 0.1) is 22.9 Å². The van der Waals surface area contributed by atoms with Crippen LogP contribution in [0.3, 0.4) is 0 Å². The first-order valence-corrected chi connectivity index (χ1v) is 7.81. The van der Waals surface area contributed by atoms with Crippen molar-refractivity contribution in [2.24, 2.45) is 5.92 Å². The first-order valence-electron chi connectivity index (χ1n) is 7.38. The van der Waals surface area contributed by atoms with Crippen LogP contribution < -0.4 is 5.56 Å². The van der Waals surface area contributed by atoms with Gasteiger partial charge >= 0.3 is 0 Å². The summed E-state index contributed by atoms with van der Waals surface area (Å²) < 4.78 is 7.25. The Morgan fingerprint density at radius 3 is 3.00 bits per heavy atom. The number of aromatic nitrogens is 2. The highest BCUT2D eigenvalue weighted by atomic mass is 35.5. The van der Waals surface area contributed by atoms with Crippen molar-refractivity contribution < 1.29 is 4.74 Å². The van der Waals surface area contributed by atoms with Gasteiger partial charge in [-0.2, -0.15) is 0 Å². The number of para-hydroxylation sites is 1. The maximum absolute atomic E-state index is 12.8. The third kappa shape index (κ3) is 2.97. The quantitative estimate of drug-likeness (QED) is 0.818. The molecule has 2 aromatic rings. The number of halogens is 1. The van der Waals surface area contributed by atoms with Gasteiger partial charge in [-0.25, -0.2) is 4.98 Å². The van der Waals surface area contributed by atoms with Gasteiger partial charge in [0.15, 0.2) is 0 Å². The van der Waals surface area contributed by atoms with Gasteiger partial charge in [-0.1, -0.05) is 12.1 Å². The fourth-order valence-corrected chi connectivity index (χ4v) is 3.04. The summed E-state index contributed by atoms with van der Waals surface area (Å²) in [7, 11) is 0. The molecule has 0 amide bonds. The molecule has 1 aromatic carbocycles. The van der Waals surface area contributed by atoms with E-state index >= 15 is 0 Å². The van der Waals surface area contributed by atoms with E-state index in [2.05, 4.69) is 4.98 Å². The van der Waals surface area contributed by atoms with Crippen LogP contribution in [0.1, 0.15) is 31.0 Å². The fraction of sp³-hybridized carbons (Fsp3) is 0.500. The molecule has 2 unspecified atom stereocenters. The van der Waals surface area contributed by atoms with E-state index in [0.717, 1.165) is 19.4 Å². The Morgan fingerprint density at radius 2 is 2.29 bits per heavy atom. The molecular weight excluding hydrogens is 288 g/mol. The molecule has 0 N–H and O–H groups in total. The van der Waals surface area contributed by atoms with Crippen LogP contribution in [0.5, 0.6) is 0 Å². The van der Waals surface area contributed by atoms with Crippen LogP contribution in [-0.2, 0) is 11.3 Å². The molecule has 1 saturated heterocycles.